The lowest BCUT2D eigenvalue weighted by Gasteiger charge is -2.34. The van der Waals surface area contributed by atoms with Gasteiger partial charge in [-0.25, -0.2) is 0 Å². The van der Waals surface area contributed by atoms with Gasteiger partial charge in [0.05, 0.1) is 0 Å². The number of hydrogen-bond acceptors (Lipinski definition) is 0. The molecule has 0 bridgehead atoms. The predicted molar refractivity (Wildman–Crippen MR) is 68.6 cm³/mol. The van der Waals surface area contributed by atoms with Crippen LogP contribution in [0.2, 0.25) is 0 Å². The molecule has 0 aromatic heterocycles. The van der Waals surface area contributed by atoms with Crippen LogP contribution in [0, 0.1) is 0 Å². The lowest BCUT2D eigenvalue weighted by molar-refractivity contribution is 0.517. The van der Waals surface area contributed by atoms with Gasteiger partial charge in [-0.05, 0) is 34.1 Å². The molecule has 16 heavy (non-hydrogen) atoms. The van der Waals surface area contributed by atoms with Gasteiger partial charge in [-0.15, -0.1) is 0 Å². The average molecular weight is 208 g/mol. The highest BCUT2D eigenvalue weighted by Crippen LogP contribution is 2.42. The van der Waals surface area contributed by atoms with Crippen LogP contribution in [0.25, 0.3) is 11.1 Å². The van der Waals surface area contributed by atoms with Crippen LogP contribution in [0.3, 0.4) is 0 Å². The van der Waals surface area contributed by atoms with Gasteiger partial charge >= 0.3 is 0 Å². The molecule has 3 rings (SSSR count). The fourth-order valence-corrected chi connectivity index (χ4v) is 2.82. The summed E-state index contributed by atoms with van der Waals surface area (Å²) in [6.07, 6.45) is 1.14. The van der Waals surface area contributed by atoms with Crippen molar-refractivity contribution in [3.8, 4) is 11.1 Å². The van der Waals surface area contributed by atoms with Gasteiger partial charge in [-0.1, -0.05) is 62.4 Å². The molecule has 80 valence electrons. The molecular weight excluding hydrogens is 192 g/mol. The molecule has 0 unspecified atom stereocenters. The standard InChI is InChI=1S/C16H16/c1-16(2)11-12-7-3-4-8-13(12)14-9-5-6-10-15(14)16/h3-10H,11H2,1-2H3. The van der Waals surface area contributed by atoms with E-state index in [4.69, 9.17) is 0 Å². The minimum atomic E-state index is 0.255. The molecule has 0 amide bonds. The first-order valence-electron chi connectivity index (χ1n) is 5.86. The van der Waals surface area contributed by atoms with Crippen LogP contribution in [0.5, 0.6) is 0 Å². The van der Waals surface area contributed by atoms with E-state index in [1.165, 1.54) is 22.3 Å². The Hall–Kier alpha value is -1.56. The van der Waals surface area contributed by atoms with Crippen molar-refractivity contribution < 1.29 is 0 Å². The molecule has 0 spiro atoms. The summed E-state index contributed by atoms with van der Waals surface area (Å²) in [4.78, 5) is 0. The summed E-state index contributed by atoms with van der Waals surface area (Å²) in [5, 5.41) is 0. The topological polar surface area (TPSA) is 0 Å². The smallest absolute Gasteiger partial charge is 0.00568 e. The fourth-order valence-electron chi connectivity index (χ4n) is 2.82. The van der Waals surface area contributed by atoms with E-state index in [1.807, 2.05) is 0 Å². The monoisotopic (exact) mass is 208 g/mol. The molecule has 0 atom stereocenters. The molecule has 0 heteroatoms. The quantitative estimate of drug-likeness (QED) is 0.609. The molecule has 2 aromatic carbocycles. The lowest BCUT2D eigenvalue weighted by Crippen LogP contribution is -2.25. The Balaban J connectivity index is 2.33. The number of fused-ring (bicyclic) bond motifs is 3. The summed E-state index contributed by atoms with van der Waals surface area (Å²) in [7, 11) is 0. The Bertz CT molecular complexity index is 535. The minimum absolute atomic E-state index is 0.255. The van der Waals surface area contributed by atoms with Crippen molar-refractivity contribution in [3.05, 3.63) is 59.7 Å². The van der Waals surface area contributed by atoms with E-state index < -0.39 is 0 Å². The highest BCUT2D eigenvalue weighted by molar-refractivity contribution is 5.74. The molecule has 1 aliphatic rings. The zero-order valence-corrected chi connectivity index (χ0v) is 9.83. The Morgan fingerprint density at radius 3 is 2.25 bits per heavy atom. The molecule has 0 saturated carbocycles. The summed E-state index contributed by atoms with van der Waals surface area (Å²) in [5.74, 6) is 0. The number of benzene rings is 2. The Kier molecular flexibility index (Phi) is 1.94. The van der Waals surface area contributed by atoms with Crippen molar-refractivity contribution in [1.29, 1.82) is 0 Å². The maximum atomic E-state index is 2.34. The summed E-state index contributed by atoms with van der Waals surface area (Å²) in [6, 6.07) is 17.6. The first-order valence-corrected chi connectivity index (χ1v) is 5.86. The average Bonchev–Trinajstić information content (AvgIpc) is 2.29. The normalized spacial score (nSPS) is 16.4. The fraction of sp³-hybridized carbons (Fsp3) is 0.250. The maximum Gasteiger partial charge on any atom is -0.00568 e. The zero-order chi connectivity index (χ0) is 11.2. The van der Waals surface area contributed by atoms with Gasteiger partial charge in [0.2, 0.25) is 0 Å². The van der Waals surface area contributed by atoms with Gasteiger partial charge in [0, 0.05) is 0 Å². The van der Waals surface area contributed by atoms with E-state index in [9.17, 15) is 0 Å². The maximum absolute atomic E-state index is 2.34. The third-order valence-electron chi connectivity index (χ3n) is 3.60. The van der Waals surface area contributed by atoms with E-state index in [0.717, 1.165) is 6.42 Å². The lowest BCUT2D eigenvalue weighted by atomic mass is 9.70. The molecule has 0 aliphatic heterocycles. The van der Waals surface area contributed by atoms with Gasteiger partial charge in [0.15, 0.2) is 0 Å². The number of rotatable bonds is 0. The van der Waals surface area contributed by atoms with Crippen LogP contribution in [0.1, 0.15) is 25.0 Å². The largest absolute Gasteiger partial charge is 0.0620 e. The summed E-state index contributed by atoms with van der Waals surface area (Å²) < 4.78 is 0. The van der Waals surface area contributed by atoms with Gasteiger partial charge in [-0.3, -0.25) is 0 Å². The molecule has 2 aromatic rings. The van der Waals surface area contributed by atoms with Gasteiger partial charge < -0.3 is 0 Å². The van der Waals surface area contributed by atoms with Crippen molar-refractivity contribution in [2.24, 2.45) is 0 Å². The number of hydrogen-bond donors (Lipinski definition) is 0. The van der Waals surface area contributed by atoms with Crippen molar-refractivity contribution in [2.75, 3.05) is 0 Å². The molecule has 0 N–H and O–H groups in total. The first kappa shape index (κ1) is 9.65. The van der Waals surface area contributed by atoms with E-state index in [2.05, 4.69) is 62.4 Å². The highest BCUT2D eigenvalue weighted by Gasteiger charge is 2.29. The van der Waals surface area contributed by atoms with Crippen LogP contribution in [-0.2, 0) is 11.8 Å². The van der Waals surface area contributed by atoms with Gasteiger partial charge in [-0.2, -0.15) is 0 Å². The van der Waals surface area contributed by atoms with E-state index in [1.54, 1.807) is 0 Å². The Labute approximate surface area is 96.9 Å². The second-order valence-electron chi connectivity index (χ2n) is 5.26. The van der Waals surface area contributed by atoms with E-state index in [-0.39, 0.29) is 5.41 Å². The van der Waals surface area contributed by atoms with Crippen LogP contribution in [-0.4, -0.2) is 0 Å². The zero-order valence-electron chi connectivity index (χ0n) is 9.83. The van der Waals surface area contributed by atoms with Crippen LogP contribution in [0.15, 0.2) is 48.5 Å². The second kappa shape index (κ2) is 3.21. The SMILES string of the molecule is CC1(C)Cc2ccccc2-c2ccccc21. The van der Waals surface area contributed by atoms with Crippen molar-refractivity contribution >= 4 is 0 Å². The molecule has 0 saturated heterocycles. The second-order valence-corrected chi connectivity index (χ2v) is 5.26. The van der Waals surface area contributed by atoms with Crippen molar-refractivity contribution in [2.45, 2.75) is 25.7 Å². The third kappa shape index (κ3) is 1.30. The van der Waals surface area contributed by atoms with Crippen molar-refractivity contribution in [1.82, 2.24) is 0 Å². The molecular formula is C16H16. The van der Waals surface area contributed by atoms with Crippen molar-refractivity contribution in [3.63, 3.8) is 0 Å². The molecule has 0 nitrogen and oxygen atoms in total. The van der Waals surface area contributed by atoms with Crippen LogP contribution >= 0.6 is 0 Å². The van der Waals surface area contributed by atoms with Crippen LogP contribution in [0.4, 0.5) is 0 Å². The third-order valence-corrected chi connectivity index (χ3v) is 3.60. The van der Waals surface area contributed by atoms with Gasteiger partial charge in [0.25, 0.3) is 0 Å². The van der Waals surface area contributed by atoms with Crippen LogP contribution < -0.4 is 0 Å². The predicted octanol–water partition coefficient (Wildman–Crippen LogP) is 4.19. The summed E-state index contributed by atoms with van der Waals surface area (Å²) in [5.41, 5.74) is 6.04. The summed E-state index contributed by atoms with van der Waals surface area (Å²) >= 11 is 0. The Morgan fingerprint density at radius 1 is 0.812 bits per heavy atom. The molecule has 1 aliphatic carbocycles. The van der Waals surface area contributed by atoms with E-state index in [0.29, 0.717) is 0 Å². The molecule has 0 radical (unpaired) electrons. The minimum Gasteiger partial charge on any atom is -0.0620 e. The highest BCUT2D eigenvalue weighted by atomic mass is 14.3. The van der Waals surface area contributed by atoms with E-state index >= 15 is 0 Å². The first-order chi connectivity index (χ1) is 7.68. The van der Waals surface area contributed by atoms with Gasteiger partial charge in [0.1, 0.15) is 0 Å². The molecule has 0 fully saturated rings. The molecule has 0 heterocycles. The summed E-state index contributed by atoms with van der Waals surface area (Å²) in [6.45, 7) is 4.67. The Morgan fingerprint density at radius 2 is 1.44 bits per heavy atom.